The Morgan fingerprint density at radius 1 is 1.00 bits per heavy atom. The summed E-state index contributed by atoms with van der Waals surface area (Å²) in [4.78, 5) is 2.15. The van der Waals surface area contributed by atoms with Crippen LogP contribution < -0.4 is 0 Å². The van der Waals surface area contributed by atoms with Crippen LogP contribution in [0, 0.1) is 0 Å². The molecule has 0 saturated carbocycles. The molecule has 0 aliphatic rings. The van der Waals surface area contributed by atoms with E-state index < -0.39 is 0 Å². The van der Waals surface area contributed by atoms with Crippen LogP contribution >= 0.6 is 24.8 Å². The molecule has 0 aliphatic heterocycles. The molecule has 2 aromatic rings. The average molecular weight is 301 g/mol. The first-order valence-corrected chi connectivity index (χ1v) is 7.47. The molecule has 104 valence electrons. The molecule has 0 aliphatic carbocycles. The third-order valence-corrected chi connectivity index (χ3v) is 4.03. The van der Waals surface area contributed by atoms with Gasteiger partial charge in [0.05, 0.1) is 5.54 Å². The van der Waals surface area contributed by atoms with Gasteiger partial charge in [0.25, 0.3) is 0 Å². The summed E-state index contributed by atoms with van der Waals surface area (Å²) in [6, 6.07) is 20.7. The molecule has 2 rings (SSSR count). The van der Waals surface area contributed by atoms with Crippen molar-refractivity contribution in [1.29, 1.82) is 0 Å². The summed E-state index contributed by atoms with van der Waals surface area (Å²) >= 11 is 9.78. The van der Waals surface area contributed by atoms with Crippen molar-refractivity contribution < 1.29 is 0 Å². The fraction of sp³-hybridized carbons (Fsp3) is 0.235. The van der Waals surface area contributed by atoms with E-state index in [1.165, 1.54) is 11.1 Å². The van der Waals surface area contributed by atoms with Crippen LogP contribution in [0.4, 0.5) is 0 Å². The highest BCUT2D eigenvalue weighted by Gasteiger charge is 2.29. The van der Waals surface area contributed by atoms with Crippen LogP contribution in [0.5, 0.6) is 0 Å². The zero-order valence-electron chi connectivity index (χ0n) is 11.8. The zero-order chi connectivity index (χ0) is 14.6. The fourth-order valence-electron chi connectivity index (χ4n) is 2.27. The van der Waals surface area contributed by atoms with E-state index in [4.69, 9.17) is 12.2 Å². The smallest absolute Gasteiger partial charge is 0.134 e. The first-order chi connectivity index (χ1) is 9.51. The van der Waals surface area contributed by atoms with Crippen molar-refractivity contribution in [2.75, 3.05) is 0 Å². The Morgan fingerprint density at radius 3 is 2.00 bits per heavy atom. The molecule has 0 radical (unpaired) electrons. The number of hydrogen-bond acceptors (Lipinski definition) is 1. The average Bonchev–Trinajstić information content (AvgIpc) is 2.46. The molecule has 0 atom stereocenters. The maximum atomic E-state index is 5.35. The van der Waals surface area contributed by atoms with Gasteiger partial charge in [-0.05, 0) is 25.0 Å². The minimum Gasteiger partial charge on any atom is -0.344 e. The number of benzene rings is 2. The van der Waals surface area contributed by atoms with E-state index >= 15 is 0 Å². The lowest BCUT2D eigenvalue weighted by atomic mass is 9.92. The summed E-state index contributed by atoms with van der Waals surface area (Å²) < 4.78 is 0.614. The lowest BCUT2D eigenvalue weighted by Crippen LogP contribution is -2.42. The van der Waals surface area contributed by atoms with E-state index in [0.717, 1.165) is 6.54 Å². The first-order valence-electron chi connectivity index (χ1n) is 6.62. The van der Waals surface area contributed by atoms with Crippen LogP contribution in [0.2, 0.25) is 0 Å². The summed E-state index contributed by atoms with van der Waals surface area (Å²) in [6.45, 7) is 5.10. The fourth-order valence-corrected chi connectivity index (χ4v) is 2.89. The molecule has 0 N–H and O–H groups in total. The van der Waals surface area contributed by atoms with E-state index in [9.17, 15) is 0 Å². The monoisotopic (exact) mass is 301 g/mol. The van der Waals surface area contributed by atoms with Gasteiger partial charge < -0.3 is 4.90 Å². The van der Waals surface area contributed by atoms with Gasteiger partial charge in [-0.25, -0.2) is 0 Å². The number of thiocarbonyl (C=S) groups is 1. The second kappa shape index (κ2) is 6.42. The summed E-state index contributed by atoms with van der Waals surface area (Å²) in [5.74, 6) is 0. The Kier molecular flexibility index (Phi) is 4.84. The highest BCUT2D eigenvalue weighted by Crippen LogP contribution is 2.30. The molecule has 0 saturated heterocycles. The third kappa shape index (κ3) is 3.41. The van der Waals surface area contributed by atoms with E-state index in [1.807, 2.05) is 24.3 Å². The SMILES string of the molecule is CC(C)(c1ccccc1)N(Cc1ccccc1)C(=S)S. The van der Waals surface area contributed by atoms with Crippen molar-refractivity contribution in [3.05, 3.63) is 71.8 Å². The zero-order valence-corrected chi connectivity index (χ0v) is 13.5. The standard InChI is InChI=1S/C17H19NS2/c1-17(2,15-11-7-4-8-12-15)18(16(19)20)13-14-9-5-3-6-10-14/h3-12H,13H2,1-2H3,(H,19,20). The van der Waals surface area contributed by atoms with Crippen molar-refractivity contribution in [1.82, 2.24) is 4.90 Å². The second-order valence-electron chi connectivity index (χ2n) is 5.28. The lowest BCUT2D eigenvalue weighted by Gasteiger charge is -2.40. The Labute approximate surface area is 132 Å². The van der Waals surface area contributed by atoms with Crippen molar-refractivity contribution in [2.45, 2.75) is 25.9 Å². The minimum atomic E-state index is -0.198. The van der Waals surface area contributed by atoms with E-state index in [-0.39, 0.29) is 5.54 Å². The molecular weight excluding hydrogens is 282 g/mol. The topological polar surface area (TPSA) is 3.24 Å². The van der Waals surface area contributed by atoms with E-state index in [1.54, 1.807) is 0 Å². The van der Waals surface area contributed by atoms with Gasteiger partial charge in [0.1, 0.15) is 4.32 Å². The number of thiol groups is 1. The Morgan fingerprint density at radius 2 is 1.50 bits per heavy atom. The minimum absolute atomic E-state index is 0.198. The molecule has 20 heavy (non-hydrogen) atoms. The van der Waals surface area contributed by atoms with Crippen LogP contribution in [0.25, 0.3) is 0 Å². The van der Waals surface area contributed by atoms with Gasteiger partial charge in [-0.1, -0.05) is 72.9 Å². The Balaban J connectivity index is 2.31. The Hall–Kier alpha value is -1.32. The molecule has 0 spiro atoms. The van der Waals surface area contributed by atoms with Gasteiger partial charge in [0.2, 0.25) is 0 Å². The maximum Gasteiger partial charge on any atom is 0.134 e. The summed E-state index contributed by atoms with van der Waals surface area (Å²) in [5, 5.41) is 0. The predicted molar refractivity (Wildman–Crippen MR) is 93.0 cm³/mol. The lowest BCUT2D eigenvalue weighted by molar-refractivity contribution is 0.218. The van der Waals surface area contributed by atoms with Crippen LogP contribution in [0.3, 0.4) is 0 Å². The van der Waals surface area contributed by atoms with Gasteiger partial charge in [0.15, 0.2) is 0 Å². The quantitative estimate of drug-likeness (QED) is 0.647. The van der Waals surface area contributed by atoms with Crippen molar-refractivity contribution >= 4 is 29.2 Å². The summed E-state index contributed by atoms with van der Waals surface area (Å²) in [7, 11) is 0. The second-order valence-corrected chi connectivity index (χ2v) is 6.39. The molecule has 1 nitrogen and oxygen atoms in total. The van der Waals surface area contributed by atoms with Gasteiger partial charge in [-0.2, -0.15) is 0 Å². The van der Waals surface area contributed by atoms with Gasteiger partial charge in [-0.15, -0.1) is 12.6 Å². The number of rotatable bonds is 4. The first kappa shape index (κ1) is 15.1. The van der Waals surface area contributed by atoms with E-state index in [0.29, 0.717) is 4.32 Å². The Bertz CT molecular complexity index is 564. The summed E-state index contributed by atoms with van der Waals surface area (Å²) in [5.41, 5.74) is 2.26. The molecule has 3 heteroatoms. The highest BCUT2D eigenvalue weighted by atomic mass is 32.1. The van der Waals surface area contributed by atoms with Crippen molar-refractivity contribution in [3.63, 3.8) is 0 Å². The van der Waals surface area contributed by atoms with Crippen LogP contribution in [0.15, 0.2) is 60.7 Å². The molecule has 0 aromatic heterocycles. The molecule has 0 unspecified atom stereocenters. The molecule has 0 heterocycles. The number of hydrogen-bond donors (Lipinski definition) is 1. The molecule has 2 aromatic carbocycles. The largest absolute Gasteiger partial charge is 0.344 e. The van der Waals surface area contributed by atoms with Crippen molar-refractivity contribution in [2.24, 2.45) is 0 Å². The van der Waals surface area contributed by atoms with E-state index in [2.05, 4.69) is 67.8 Å². The summed E-state index contributed by atoms with van der Waals surface area (Å²) in [6.07, 6.45) is 0. The number of nitrogens with zero attached hydrogens (tertiary/aromatic N) is 1. The predicted octanol–water partition coefficient (Wildman–Crippen LogP) is 4.64. The highest BCUT2D eigenvalue weighted by molar-refractivity contribution is 8.10. The van der Waals surface area contributed by atoms with Gasteiger partial charge in [-0.3, -0.25) is 0 Å². The third-order valence-electron chi connectivity index (χ3n) is 3.57. The van der Waals surface area contributed by atoms with Gasteiger partial charge >= 0.3 is 0 Å². The molecule has 0 amide bonds. The van der Waals surface area contributed by atoms with Crippen LogP contribution in [-0.2, 0) is 12.1 Å². The van der Waals surface area contributed by atoms with Crippen molar-refractivity contribution in [3.8, 4) is 0 Å². The van der Waals surface area contributed by atoms with Crippen LogP contribution in [-0.4, -0.2) is 9.22 Å². The molecule has 0 fully saturated rings. The molecular formula is C17H19NS2. The van der Waals surface area contributed by atoms with Crippen LogP contribution in [0.1, 0.15) is 25.0 Å². The molecule has 0 bridgehead atoms. The normalized spacial score (nSPS) is 11.2. The maximum absolute atomic E-state index is 5.35. The van der Waals surface area contributed by atoms with Gasteiger partial charge in [0, 0.05) is 6.54 Å².